The van der Waals surface area contributed by atoms with E-state index < -0.39 is 0 Å². The third-order valence-corrected chi connectivity index (χ3v) is 2.50. The van der Waals surface area contributed by atoms with Crippen molar-refractivity contribution >= 4 is 5.91 Å². The zero-order valence-corrected chi connectivity index (χ0v) is 7.79. The fourth-order valence-electron chi connectivity index (χ4n) is 1.76. The Morgan fingerprint density at radius 1 is 1.36 bits per heavy atom. The maximum Gasteiger partial charge on any atom is 0.220 e. The second-order valence-electron chi connectivity index (χ2n) is 3.70. The lowest BCUT2D eigenvalue weighted by atomic mass is 9.99. The molecule has 1 saturated heterocycles. The van der Waals surface area contributed by atoms with Gasteiger partial charge in [0.05, 0.1) is 0 Å². The molecule has 2 nitrogen and oxygen atoms in total. The van der Waals surface area contributed by atoms with E-state index in [2.05, 4.69) is 5.32 Å². The molecule has 1 amide bonds. The Balaban J connectivity index is 1.97. The molecular weight excluding hydrogens is 181 g/mol. The molecule has 1 N–H and O–H groups in total. The van der Waals surface area contributed by atoms with Crippen molar-refractivity contribution in [3.8, 4) is 0 Å². The third kappa shape index (κ3) is 2.10. The number of hydrogen-bond acceptors (Lipinski definition) is 1. The number of benzene rings is 1. The Labute approximate surface area is 82.1 Å². The van der Waals surface area contributed by atoms with E-state index in [-0.39, 0.29) is 11.7 Å². The van der Waals surface area contributed by atoms with E-state index in [1.165, 1.54) is 12.1 Å². The molecule has 0 aromatic heterocycles. The molecule has 0 aliphatic carbocycles. The molecule has 3 heteroatoms. The minimum atomic E-state index is -0.214. The SMILES string of the molecule is O=C1CC(Cc2ccc(F)cc2)CN1. The highest BCUT2D eigenvalue weighted by Gasteiger charge is 2.21. The second kappa shape index (κ2) is 3.78. The first-order valence-corrected chi connectivity index (χ1v) is 4.75. The zero-order valence-electron chi connectivity index (χ0n) is 7.79. The van der Waals surface area contributed by atoms with E-state index in [0.29, 0.717) is 12.3 Å². The Morgan fingerprint density at radius 3 is 2.64 bits per heavy atom. The molecule has 0 bridgehead atoms. The summed E-state index contributed by atoms with van der Waals surface area (Å²) in [5, 5.41) is 2.79. The predicted octanol–water partition coefficient (Wildman–Crippen LogP) is 1.50. The van der Waals surface area contributed by atoms with E-state index in [4.69, 9.17) is 0 Å². The minimum Gasteiger partial charge on any atom is -0.356 e. The van der Waals surface area contributed by atoms with Gasteiger partial charge >= 0.3 is 0 Å². The first-order chi connectivity index (χ1) is 6.74. The monoisotopic (exact) mass is 193 g/mol. The molecule has 0 spiro atoms. The van der Waals surface area contributed by atoms with Crippen LogP contribution < -0.4 is 5.32 Å². The van der Waals surface area contributed by atoms with Crippen LogP contribution in [0.25, 0.3) is 0 Å². The van der Waals surface area contributed by atoms with Crippen LogP contribution in [-0.2, 0) is 11.2 Å². The van der Waals surface area contributed by atoms with E-state index in [0.717, 1.165) is 18.5 Å². The van der Waals surface area contributed by atoms with Crippen molar-refractivity contribution < 1.29 is 9.18 Å². The van der Waals surface area contributed by atoms with Gasteiger partial charge in [0.2, 0.25) is 5.91 Å². The first-order valence-electron chi connectivity index (χ1n) is 4.75. The van der Waals surface area contributed by atoms with Gasteiger partial charge in [-0.25, -0.2) is 4.39 Å². The minimum absolute atomic E-state index is 0.122. The summed E-state index contributed by atoms with van der Waals surface area (Å²) in [7, 11) is 0. The highest BCUT2D eigenvalue weighted by molar-refractivity contribution is 5.78. The second-order valence-corrected chi connectivity index (χ2v) is 3.70. The standard InChI is InChI=1S/C11H12FNO/c12-10-3-1-8(2-4-10)5-9-6-11(14)13-7-9/h1-4,9H,5-7H2,(H,13,14). The summed E-state index contributed by atoms with van der Waals surface area (Å²) in [6, 6.07) is 6.47. The van der Waals surface area contributed by atoms with Crippen molar-refractivity contribution in [2.24, 2.45) is 5.92 Å². The van der Waals surface area contributed by atoms with Crippen molar-refractivity contribution in [2.45, 2.75) is 12.8 Å². The van der Waals surface area contributed by atoms with Gasteiger partial charge in [-0.1, -0.05) is 12.1 Å². The Bertz CT molecular complexity index is 334. The van der Waals surface area contributed by atoms with Gasteiger partial charge in [-0.3, -0.25) is 4.79 Å². The summed E-state index contributed by atoms with van der Waals surface area (Å²) in [5.41, 5.74) is 1.09. The number of carbonyl (C=O) groups is 1. The lowest BCUT2D eigenvalue weighted by Gasteiger charge is -2.06. The Morgan fingerprint density at radius 2 is 2.07 bits per heavy atom. The fraction of sp³-hybridized carbons (Fsp3) is 0.364. The van der Waals surface area contributed by atoms with Crippen molar-refractivity contribution in [1.82, 2.24) is 5.32 Å². The number of nitrogens with one attached hydrogen (secondary N) is 1. The number of amides is 1. The van der Waals surface area contributed by atoms with Crippen LogP contribution in [0.4, 0.5) is 4.39 Å². The highest BCUT2D eigenvalue weighted by atomic mass is 19.1. The van der Waals surface area contributed by atoms with Crippen LogP contribution in [0, 0.1) is 11.7 Å². The summed E-state index contributed by atoms with van der Waals surface area (Å²) in [6.45, 7) is 0.746. The molecule has 1 atom stereocenters. The Kier molecular flexibility index (Phi) is 2.48. The van der Waals surface area contributed by atoms with Gasteiger partial charge in [-0.2, -0.15) is 0 Å². The fourth-order valence-corrected chi connectivity index (χ4v) is 1.76. The van der Waals surface area contributed by atoms with Gasteiger partial charge in [-0.15, -0.1) is 0 Å². The highest BCUT2D eigenvalue weighted by Crippen LogP contribution is 2.15. The molecule has 1 aromatic carbocycles. The summed E-state index contributed by atoms with van der Waals surface area (Å²) in [6.07, 6.45) is 1.44. The summed E-state index contributed by atoms with van der Waals surface area (Å²) >= 11 is 0. The summed E-state index contributed by atoms with van der Waals surface area (Å²) in [4.78, 5) is 10.9. The van der Waals surface area contributed by atoms with E-state index in [9.17, 15) is 9.18 Å². The van der Waals surface area contributed by atoms with E-state index in [1.54, 1.807) is 12.1 Å². The largest absolute Gasteiger partial charge is 0.356 e. The van der Waals surface area contributed by atoms with Crippen LogP contribution in [0.2, 0.25) is 0 Å². The zero-order chi connectivity index (χ0) is 9.97. The topological polar surface area (TPSA) is 29.1 Å². The maximum atomic E-state index is 12.6. The van der Waals surface area contributed by atoms with Crippen molar-refractivity contribution in [3.63, 3.8) is 0 Å². The summed E-state index contributed by atoms with van der Waals surface area (Å²) < 4.78 is 12.6. The number of halogens is 1. The van der Waals surface area contributed by atoms with Gasteiger partial charge < -0.3 is 5.32 Å². The van der Waals surface area contributed by atoms with E-state index in [1.807, 2.05) is 0 Å². The van der Waals surface area contributed by atoms with Crippen molar-refractivity contribution in [1.29, 1.82) is 0 Å². The molecule has 1 heterocycles. The third-order valence-electron chi connectivity index (χ3n) is 2.50. The first kappa shape index (κ1) is 9.19. The number of carbonyl (C=O) groups excluding carboxylic acids is 1. The molecule has 74 valence electrons. The van der Waals surface area contributed by atoms with Crippen LogP contribution in [-0.4, -0.2) is 12.5 Å². The van der Waals surface area contributed by atoms with Crippen molar-refractivity contribution in [3.05, 3.63) is 35.6 Å². The molecule has 0 saturated carbocycles. The number of hydrogen-bond donors (Lipinski definition) is 1. The van der Waals surface area contributed by atoms with Crippen LogP contribution in [0.1, 0.15) is 12.0 Å². The molecule has 1 aliphatic rings. The van der Waals surface area contributed by atoms with Crippen LogP contribution in [0.15, 0.2) is 24.3 Å². The molecule has 2 rings (SSSR count). The van der Waals surface area contributed by atoms with Crippen molar-refractivity contribution in [2.75, 3.05) is 6.54 Å². The van der Waals surface area contributed by atoms with Gasteiger partial charge in [0.25, 0.3) is 0 Å². The molecule has 1 unspecified atom stereocenters. The average molecular weight is 193 g/mol. The molecule has 1 fully saturated rings. The smallest absolute Gasteiger partial charge is 0.220 e. The average Bonchev–Trinajstić information content (AvgIpc) is 2.56. The lowest BCUT2D eigenvalue weighted by Crippen LogP contribution is -2.14. The van der Waals surface area contributed by atoms with Crippen LogP contribution >= 0.6 is 0 Å². The molecule has 14 heavy (non-hydrogen) atoms. The van der Waals surface area contributed by atoms with Gasteiger partial charge in [-0.05, 0) is 30.0 Å². The van der Waals surface area contributed by atoms with Crippen LogP contribution in [0.5, 0.6) is 0 Å². The molecule has 1 aromatic rings. The van der Waals surface area contributed by atoms with Gasteiger partial charge in [0, 0.05) is 13.0 Å². The molecule has 0 radical (unpaired) electrons. The van der Waals surface area contributed by atoms with E-state index >= 15 is 0 Å². The normalized spacial score (nSPS) is 20.9. The van der Waals surface area contributed by atoms with Gasteiger partial charge in [0.1, 0.15) is 5.82 Å². The predicted molar refractivity (Wildman–Crippen MR) is 51.2 cm³/mol. The summed E-state index contributed by atoms with van der Waals surface area (Å²) in [5.74, 6) is 0.277. The Hall–Kier alpha value is -1.38. The maximum absolute atomic E-state index is 12.6. The number of rotatable bonds is 2. The molecular formula is C11H12FNO. The molecule has 1 aliphatic heterocycles. The van der Waals surface area contributed by atoms with Gasteiger partial charge in [0.15, 0.2) is 0 Å². The quantitative estimate of drug-likeness (QED) is 0.757. The van der Waals surface area contributed by atoms with Crippen LogP contribution in [0.3, 0.4) is 0 Å². The lowest BCUT2D eigenvalue weighted by molar-refractivity contribution is -0.119.